The number of nitrogens with zero attached hydrogens (tertiary/aromatic N) is 4. The van der Waals surface area contributed by atoms with E-state index in [1.807, 2.05) is 6.20 Å². The van der Waals surface area contributed by atoms with Crippen LogP contribution in [0.25, 0.3) is 0 Å². The lowest BCUT2D eigenvalue weighted by Gasteiger charge is -2.22. The van der Waals surface area contributed by atoms with Crippen LogP contribution >= 0.6 is 0 Å². The van der Waals surface area contributed by atoms with Gasteiger partial charge in [0.2, 0.25) is 11.9 Å². The molecular formula is C12H13N5O. The third-order valence-electron chi connectivity index (χ3n) is 3.12. The molecule has 3 rings (SSSR count). The Balaban J connectivity index is 1.68. The van der Waals surface area contributed by atoms with Gasteiger partial charge in [-0.2, -0.15) is 0 Å². The molecule has 1 N–H and O–H groups in total. The second kappa shape index (κ2) is 4.56. The summed E-state index contributed by atoms with van der Waals surface area (Å²) in [5.41, 5.74) is 0. The van der Waals surface area contributed by atoms with Gasteiger partial charge >= 0.3 is 0 Å². The monoisotopic (exact) mass is 243 g/mol. The van der Waals surface area contributed by atoms with Gasteiger partial charge in [-0.25, -0.2) is 15.0 Å². The molecule has 6 nitrogen and oxygen atoms in total. The van der Waals surface area contributed by atoms with Crippen LogP contribution in [0.1, 0.15) is 12.2 Å². The van der Waals surface area contributed by atoms with Crippen LogP contribution in [0.4, 0.5) is 5.95 Å². The van der Waals surface area contributed by atoms with Gasteiger partial charge in [-0.05, 0) is 12.5 Å². The Bertz CT molecular complexity index is 551. The molecule has 92 valence electrons. The van der Waals surface area contributed by atoms with E-state index in [1.54, 1.807) is 24.7 Å². The Morgan fingerprint density at radius 1 is 1.28 bits per heavy atom. The molecule has 2 aromatic heterocycles. The average Bonchev–Trinajstić information content (AvgIpc) is 2.87. The van der Waals surface area contributed by atoms with Crippen LogP contribution in [0.3, 0.4) is 0 Å². The van der Waals surface area contributed by atoms with Crippen LogP contribution in [0.15, 0.2) is 30.9 Å². The standard InChI is InChI=1S/C12H13N5O/c18-11(16-12-14-3-1-4-15-12)9-2-6-17-7-5-13-10(17)8-9/h1,3-5,7,9H,2,6,8H2,(H,14,15,16,18). The quantitative estimate of drug-likeness (QED) is 0.849. The predicted molar refractivity (Wildman–Crippen MR) is 64.7 cm³/mol. The molecule has 1 aliphatic rings. The topological polar surface area (TPSA) is 72.7 Å². The van der Waals surface area contributed by atoms with Gasteiger partial charge in [-0.15, -0.1) is 0 Å². The zero-order valence-corrected chi connectivity index (χ0v) is 9.78. The Labute approximate surface area is 104 Å². The van der Waals surface area contributed by atoms with Crippen molar-refractivity contribution in [2.24, 2.45) is 5.92 Å². The number of aryl methyl sites for hydroxylation is 1. The fourth-order valence-corrected chi connectivity index (χ4v) is 2.15. The minimum atomic E-state index is -0.0521. The number of rotatable bonds is 2. The highest BCUT2D eigenvalue weighted by Crippen LogP contribution is 2.20. The number of fused-ring (bicyclic) bond motifs is 1. The highest BCUT2D eigenvalue weighted by Gasteiger charge is 2.25. The van der Waals surface area contributed by atoms with Gasteiger partial charge < -0.3 is 4.57 Å². The first-order chi connectivity index (χ1) is 8.83. The third kappa shape index (κ3) is 2.09. The zero-order valence-electron chi connectivity index (χ0n) is 9.78. The number of hydrogen-bond acceptors (Lipinski definition) is 4. The Kier molecular flexibility index (Phi) is 2.76. The lowest BCUT2D eigenvalue weighted by Crippen LogP contribution is -2.30. The minimum Gasteiger partial charge on any atom is -0.335 e. The van der Waals surface area contributed by atoms with Crippen molar-refractivity contribution in [1.82, 2.24) is 19.5 Å². The number of carbonyl (C=O) groups is 1. The summed E-state index contributed by atoms with van der Waals surface area (Å²) in [7, 11) is 0. The molecule has 0 saturated heterocycles. The Hall–Kier alpha value is -2.24. The SMILES string of the molecule is O=C(Nc1ncccn1)C1CCn2ccnc2C1. The molecule has 6 heteroatoms. The van der Waals surface area contributed by atoms with Crippen LogP contribution in [0.5, 0.6) is 0 Å². The Morgan fingerprint density at radius 3 is 2.94 bits per heavy atom. The van der Waals surface area contributed by atoms with E-state index in [4.69, 9.17) is 0 Å². The van der Waals surface area contributed by atoms with E-state index < -0.39 is 0 Å². The predicted octanol–water partition coefficient (Wildman–Crippen LogP) is 0.874. The summed E-state index contributed by atoms with van der Waals surface area (Å²) in [5.74, 6) is 1.24. The summed E-state index contributed by atoms with van der Waals surface area (Å²) in [6.45, 7) is 0.836. The van der Waals surface area contributed by atoms with Crippen molar-refractivity contribution in [2.75, 3.05) is 5.32 Å². The number of amides is 1. The average molecular weight is 243 g/mol. The summed E-state index contributed by atoms with van der Waals surface area (Å²) < 4.78 is 2.09. The third-order valence-corrected chi connectivity index (χ3v) is 3.12. The number of imidazole rings is 1. The van der Waals surface area contributed by atoms with Crippen molar-refractivity contribution in [3.63, 3.8) is 0 Å². The van der Waals surface area contributed by atoms with E-state index in [2.05, 4.69) is 24.8 Å². The lowest BCUT2D eigenvalue weighted by molar-refractivity contribution is -0.120. The maximum atomic E-state index is 12.1. The second-order valence-corrected chi connectivity index (χ2v) is 4.29. The number of hydrogen-bond donors (Lipinski definition) is 1. The highest BCUT2D eigenvalue weighted by atomic mass is 16.2. The molecule has 0 aromatic carbocycles. The molecule has 0 aliphatic carbocycles. The fourth-order valence-electron chi connectivity index (χ4n) is 2.15. The molecule has 3 heterocycles. The number of aromatic nitrogens is 4. The van der Waals surface area contributed by atoms with Crippen LogP contribution < -0.4 is 5.32 Å². The largest absolute Gasteiger partial charge is 0.335 e. The number of carbonyl (C=O) groups excluding carboxylic acids is 1. The van der Waals surface area contributed by atoms with Gasteiger partial charge in [0.25, 0.3) is 0 Å². The minimum absolute atomic E-state index is 0.0320. The lowest BCUT2D eigenvalue weighted by atomic mass is 9.97. The highest BCUT2D eigenvalue weighted by molar-refractivity contribution is 5.91. The van der Waals surface area contributed by atoms with Gasteiger partial charge in [0.05, 0.1) is 0 Å². The second-order valence-electron chi connectivity index (χ2n) is 4.29. The van der Waals surface area contributed by atoms with Gasteiger partial charge in [-0.3, -0.25) is 10.1 Å². The first-order valence-electron chi connectivity index (χ1n) is 5.91. The molecule has 0 spiro atoms. The van der Waals surface area contributed by atoms with E-state index >= 15 is 0 Å². The normalized spacial score (nSPS) is 18.1. The van der Waals surface area contributed by atoms with Crippen molar-refractivity contribution in [1.29, 1.82) is 0 Å². The smallest absolute Gasteiger partial charge is 0.230 e. The van der Waals surface area contributed by atoms with E-state index in [1.165, 1.54) is 0 Å². The van der Waals surface area contributed by atoms with Crippen LogP contribution in [0, 0.1) is 5.92 Å². The summed E-state index contributed by atoms with van der Waals surface area (Å²) in [6, 6.07) is 1.72. The van der Waals surface area contributed by atoms with Gasteiger partial charge in [0, 0.05) is 43.7 Å². The van der Waals surface area contributed by atoms with Crippen LogP contribution in [0.2, 0.25) is 0 Å². The molecule has 0 saturated carbocycles. The molecule has 0 radical (unpaired) electrons. The Morgan fingerprint density at radius 2 is 2.11 bits per heavy atom. The van der Waals surface area contributed by atoms with Crippen molar-refractivity contribution >= 4 is 11.9 Å². The van der Waals surface area contributed by atoms with Crippen LogP contribution in [-0.2, 0) is 17.8 Å². The molecule has 2 aromatic rings. The molecule has 0 bridgehead atoms. The zero-order chi connectivity index (χ0) is 12.4. The van der Waals surface area contributed by atoms with E-state index in [0.717, 1.165) is 18.8 Å². The maximum absolute atomic E-state index is 12.1. The first-order valence-corrected chi connectivity index (χ1v) is 5.91. The van der Waals surface area contributed by atoms with E-state index in [0.29, 0.717) is 12.4 Å². The van der Waals surface area contributed by atoms with Gasteiger partial charge in [0.15, 0.2) is 0 Å². The fraction of sp³-hybridized carbons (Fsp3) is 0.333. The summed E-state index contributed by atoms with van der Waals surface area (Å²) in [5, 5.41) is 2.74. The first kappa shape index (κ1) is 10.9. The number of nitrogens with one attached hydrogen (secondary N) is 1. The molecule has 1 atom stereocenters. The molecule has 1 amide bonds. The molecule has 1 unspecified atom stereocenters. The van der Waals surface area contributed by atoms with E-state index in [-0.39, 0.29) is 11.8 Å². The van der Waals surface area contributed by atoms with Crippen molar-refractivity contribution in [2.45, 2.75) is 19.4 Å². The van der Waals surface area contributed by atoms with Crippen molar-refractivity contribution < 1.29 is 4.79 Å². The summed E-state index contributed by atoms with van der Waals surface area (Å²) in [4.78, 5) is 24.3. The molecule has 0 fully saturated rings. The van der Waals surface area contributed by atoms with Gasteiger partial charge in [0.1, 0.15) is 5.82 Å². The van der Waals surface area contributed by atoms with Crippen molar-refractivity contribution in [3.8, 4) is 0 Å². The molecule has 1 aliphatic heterocycles. The molecular weight excluding hydrogens is 230 g/mol. The molecule has 18 heavy (non-hydrogen) atoms. The number of anilines is 1. The van der Waals surface area contributed by atoms with Gasteiger partial charge in [-0.1, -0.05) is 0 Å². The summed E-state index contributed by atoms with van der Waals surface area (Å²) >= 11 is 0. The maximum Gasteiger partial charge on any atom is 0.230 e. The summed E-state index contributed by atoms with van der Waals surface area (Å²) in [6.07, 6.45) is 8.43. The van der Waals surface area contributed by atoms with Crippen LogP contribution in [-0.4, -0.2) is 25.4 Å². The van der Waals surface area contributed by atoms with Crippen molar-refractivity contribution in [3.05, 3.63) is 36.7 Å². The van der Waals surface area contributed by atoms with E-state index in [9.17, 15) is 4.79 Å².